The van der Waals surface area contributed by atoms with Gasteiger partial charge in [0.2, 0.25) is 0 Å². The van der Waals surface area contributed by atoms with Crippen LogP contribution in [-0.4, -0.2) is 29.9 Å². The van der Waals surface area contributed by atoms with Crippen LogP contribution in [0, 0.1) is 5.92 Å². The highest BCUT2D eigenvalue weighted by atomic mass is 35.5. The Morgan fingerprint density at radius 3 is 2.59 bits per heavy atom. The number of hydrogen-bond donors (Lipinski definition) is 1. The molecule has 1 amide bonds. The average Bonchev–Trinajstić information content (AvgIpc) is 2.66. The molecular formula is C21H26Cl2N2O2. The van der Waals surface area contributed by atoms with Crippen LogP contribution >= 0.6 is 24.0 Å². The quantitative estimate of drug-likeness (QED) is 0.789. The Bertz CT molecular complexity index is 759. The zero-order valence-corrected chi connectivity index (χ0v) is 17.0. The summed E-state index contributed by atoms with van der Waals surface area (Å²) >= 11 is 6.00. The molecule has 2 aromatic carbocycles. The van der Waals surface area contributed by atoms with Crippen molar-refractivity contribution in [3.63, 3.8) is 0 Å². The van der Waals surface area contributed by atoms with Gasteiger partial charge in [-0.2, -0.15) is 0 Å². The molecule has 1 atom stereocenters. The van der Waals surface area contributed by atoms with Crippen molar-refractivity contribution >= 4 is 29.9 Å². The first-order chi connectivity index (χ1) is 12.5. The van der Waals surface area contributed by atoms with Gasteiger partial charge in [-0.25, -0.2) is 0 Å². The molecule has 1 aliphatic heterocycles. The van der Waals surface area contributed by atoms with E-state index in [4.69, 9.17) is 22.1 Å². The Morgan fingerprint density at radius 1 is 1.22 bits per heavy atom. The van der Waals surface area contributed by atoms with Crippen molar-refractivity contribution in [1.29, 1.82) is 0 Å². The van der Waals surface area contributed by atoms with E-state index in [9.17, 15) is 4.79 Å². The second kappa shape index (κ2) is 9.98. The molecule has 0 radical (unpaired) electrons. The lowest BCUT2D eigenvalue weighted by Crippen LogP contribution is -2.42. The van der Waals surface area contributed by atoms with Crippen LogP contribution in [0.25, 0.3) is 0 Å². The molecule has 146 valence electrons. The predicted octanol–water partition coefficient (Wildman–Crippen LogP) is 4.54. The summed E-state index contributed by atoms with van der Waals surface area (Å²) in [7, 11) is 0. The molecule has 2 N–H and O–H groups in total. The lowest BCUT2D eigenvalue weighted by molar-refractivity contribution is 0.0680. The summed E-state index contributed by atoms with van der Waals surface area (Å²) in [6.45, 7) is 3.98. The molecule has 1 saturated heterocycles. The van der Waals surface area contributed by atoms with E-state index in [2.05, 4.69) is 0 Å². The minimum atomic E-state index is 0. The van der Waals surface area contributed by atoms with Crippen LogP contribution in [0.1, 0.15) is 35.7 Å². The summed E-state index contributed by atoms with van der Waals surface area (Å²) in [5.74, 6) is 1.24. The fraction of sp³-hybridized carbons (Fsp3) is 0.381. The van der Waals surface area contributed by atoms with E-state index in [1.165, 1.54) is 0 Å². The van der Waals surface area contributed by atoms with Gasteiger partial charge in [-0.15, -0.1) is 12.4 Å². The summed E-state index contributed by atoms with van der Waals surface area (Å²) in [5, 5.41) is 0.685. The standard InChI is InChI=1S/C21H25ClN2O2.ClH/c1-15(23)17-8-10-24(11-9-17)21(25)18-5-3-7-20(13-18)26-14-16-4-2-6-19(22)12-16;/h2-7,12-13,15,17H,8-11,14,23H2,1H3;1H. The van der Waals surface area contributed by atoms with E-state index in [1.54, 1.807) is 0 Å². The number of benzene rings is 2. The fourth-order valence-electron chi connectivity index (χ4n) is 3.32. The number of halogens is 2. The molecule has 1 aliphatic rings. The highest BCUT2D eigenvalue weighted by molar-refractivity contribution is 6.30. The highest BCUT2D eigenvalue weighted by Gasteiger charge is 2.25. The van der Waals surface area contributed by atoms with Gasteiger partial charge in [0, 0.05) is 29.7 Å². The van der Waals surface area contributed by atoms with Crippen LogP contribution in [0.5, 0.6) is 5.75 Å². The number of likely N-dealkylation sites (tertiary alicyclic amines) is 1. The molecule has 3 rings (SSSR count). The second-order valence-electron chi connectivity index (χ2n) is 6.94. The van der Waals surface area contributed by atoms with Crippen molar-refractivity contribution in [2.75, 3.05) is 13.1 Å². The number of carbonyl (C=O) groups is 1. The van der Waals surface area contributed by atoms with E-state index in [-0.39, 0.29) is 24.4 Å². The largest absolute Gasteiger partial charge is 0.489 e. The molecule has 4 nitrogen and oxygen atoms in total. The molecule has 2 aromatic rings. The van der Waals surface area contributed by atoms with Crippen molar-refractivity contribution in [3.05, 3.63) is 64.7 Å². The zero-order chi connectivity index (χ0) is 18.5. The molecule has 1 heterocycles. The lowest BCUT2D eigenvalue weighted by atomic mass is 9.90. The number of piperidine rings is 1. The summed E-state index contributed by atoms with van der Waals surface area (Å²) in [6.07, 6.45) is 1.93. The molecule has 0 bridgehead atoms. The van der Waals surface area contributed by atoms with Crippen LogP contribution in [0.15, 0.2) is 48.5 Å². The average molecular weight is 409 g/mol. The summed E-state index contributed by atoms with van der Waals surface area (Å²) in [4.78, 5) is 14.7. The van der Waals surface area contributed by atoms with Crippen molar-refractivity contribution in [3.8, 4) is 5.75 Å². The molecule has 0 spiro atoms. The summed E-state index contributed by atoms with van der Waals surface area (Å²) in [5.41, 5.74) is 7.63. The first kappa shape index (κ1) is 21.5. The van der Waals surface area contributed by atoms with E-state index in [0.717, 1.165) is 31.5 Å². The lowest BCUT2D eigenvalue weighted by Gasteiger charge is -2.33. The molecular weight excluding hydrogens is 383 g/mol. The predicted molar refractivity (Wildman–Crippen MR) is 112 cm³/mol. The van der Waals surface area contributed by atoms with E-state index < -0.39 is 0 Å². The van der Waals surface area contributed by atoms with Gasteiger partial charge in [-0.1, -0.05) is 29.8 Å². The first-order valence-electron chi connectivity index (χ1n) is 9.05. The van der Waals surface area contributed by atoms with Crippen molar-refractivity contribution in [1.82, 2.24) is 4.90 Å². The second-order valence-corrected chi connectivity index (χ2v) is 7.37. The van der Waals surface area contributed by atoms with Crippen molar-refractivity contribution in [2.24, 2.45) is 11.7 Å². The smallest absolute Gasteiger partial charge is 0.253 e. The molecule has 6 heteroatoms. The van der Waals surface area contributed by atoms with Crippen LogP contribution < -0.4 is 10.5 Å². The van der Waals surface area contributed by atoms with E-state index in [1.807, 2.05) is 60.4 Å². The Labute approximate surface area is 172 Å². The molecule has 27 heavy (non-hydrogen) atoms. The monoisotopic (exact) mass is 408 g/mol. The minimum absolute atomic E-state index is 0. The third-order valence-corrected chi connectivity index (χ3v) is 5.18. The topological polar surface area (TPSA) is 55.6 Å². The van der Waals surface area contributed by atoms with Crippen LogP contribution in [0.2, 0.25) is 5.02 Å². The number of nitrogens with two attached hydrogens (primary N) is 1. The van der Waals surface area contributed by atoms with Crippen molar-refractivity contribution in [2.45, 2.75) is 32.4 Å². The number of rotatable bonds is 5. The van der Waals surface area contributed by atoms with Gasteiger partial charge >= 0.3 is 0 Å². The third kappa shape index (κ3) is 5.86. The fourth-order valence-corrected chi connectivity index (χ4v) is 3.54. The van der Waals surface area contributed by atoms with Crippen LogP contribution in [-0.2, 0) is 6.61 Å². The van der Waals surface area contributed by atoms with E-state index in [0.29, 0.717) is 28.9 Å². The maximum Gasteiger partial charge on any atom is 0.253 e. The number of ether oxygens (including phenoxy) is 1. The van der Waals surface area contributed by atoms with Gasteiger partial charge in [0.05, 0.1) is 0 Å². The zero-order valence-electron chi connectivity index (χ0n) is 15.4. The molecule has 1 unspecified atom stereocenters. The van der Waals surface area contributed by atoms with Gasteiger partial charge in [0.1, 0.15) is 12.4 Å². The third-order valence-electron chi connectivity index (χ3n) is 4.95. The molecule has 0 aromatic heterocycles. The molecule has 1 fully saturated rings. The van der Waals surface area contributed by atoms with E-state index >= 15 is 0 Å². The molecule has 0 saturated carbocycles. The van der Waals surface area contributed by atoms with Gasteiger partial charge < -0.3 is 15.4 Å². The van der Waals surface area contributed by atoms with Gasteiger partial charge in [-0.3, -0.25) is 4.79 Å². The maximum absolute atomic E-state index is 12.8. The Morgan fingerprint density at radius 2 is 1.93 bits per heavy atom. The Kier molecular flexibility index (Phi) is 7.96. The Balaban J connectivity index is 0.00000261. The maximum atomic E-state index is 12.8. The van der Waals surface area contributed by atoms with Crippen LogP contribution in [0.4, 0.5) is 0 Å². The summed E-state index contributed by atoms with van der Waals surface area (Å²) < 4.78 is 5.83. The highest BCUT2D eigenvalue weighted by Crippen LogP contribution is 2.23. The van der Waals surface area contributed by atoms with Crippen LogP contribution in [0.3, 0.4) is 0 Å². The minimum Gasteiger partial charge on any atom is -0.489 e. The Hall–Kier alpha value is -1.75. The number of hydrogen-bond acceptors (Lipinski definition) is 3. The van der Waals surface area contributed by atoms with Gasteiger partial charge in [0.25, 0.3) is 5.91 Å². The first-order valence-corrected chi connectivity index (χ1v) is 9.43. The molecule has 0 aliphatic carbocycles. The van der Waals surface area contributed by atoms with Gasteiger partial charge in [0.15, 0.2) is 0 Å². The normalized spacial score (nSPS) is 15.7. The number of nitrogens with zero attached hydrogens (tertiary/aromatic N) is 1. The number of carbonyl (C=O) groups excluding carboxylic acids is 1. The summed E-state index contributed by atoms with van der Waals surface area (Å²) in [6, 6.07) is 15.1. The van der Waals surface area contributed by atoms with Crippen molar-refractivity contribution < 1.29 is 9.53 Å². The van der Waals surface area contributed by atoms with Gasteiger partial charge in [-0.05, 0) is 61.6 Å². The SMILES string of the molecule is CC(N)C1CCN(C(=O)c2cccc(OCc3cccc(Cl)c3)c2)CC1.Cl. The number of amides is 1.